The third kappa shape index (κ3) is 5.50. The number of amides is 1. The maximum atomic E-state index is 12.9. The van der Waals surface area contributed by atoms with Crippen molar-refractivity contribution in [1.29, 1.82) is 0 Å². The predicted molar refractivity (Wildman–Crippen MR) is 124 cm³/mol. The molecule has 0 fully saturated rings. The number of anilines is 2. The molecule has 0 spiro atoms. The van der Waals surface area contributed by atoms with Gasteiger partial charge in [-0.1, -0.05) is 42.3 Å². The lowest BCUT2D eigenvalue weighted by Crippen LogP contribution is -2.16. The molecule has 31 heavy (non-hydrogen) atoms. The molecular formula is C22H20Cl2N2O4S. The Labute approximate surface area is 191 Å². The molecule has 6 nitrogen and oxygen atoms in total. The largest absolute Gasteiger partial charge is 0.495 e. The summed E-state index contributed by atoms with van der Waals surface area (Å²) in [6.07, 6.45) is 0.853. The van der Waals surface area contributed by atoms with Crippen LogP contribution in [0.4, 0.5) is 11.4 Å². The van der Waals surface area contributed by atoms with E-state index in [-0.39, 0.29) is 21.2 Å². The van der Waals surface area contributed by atoms with Crippen molar-refractivity contribution < 1.29 is 17.9 Å². The topological polar surface area (TPSA) is 84.5 Å². The van der Waals surface area contributed by atoms with Crippen LogP contribution < -0.4 is 14.8 Å². The van der Waals surface area contributed by atoms with E-state index in [9.17, 15) is 13.2 Å². The van der Waals surface area contributed by atoms with Crippen molar-refractivity contribution in [2.75, 3.05) is 17.1 Å². The van der Waals surface area contributed by atoms with E-state index in [0.717, 1.165) is 12.0 Å². The monoisotopic (exact) mass is 478 g/mol. The Morgan fingerprint density at radius 2 is 1.71 bits per heavy atom. The summed E-state index contributed by atoms with van der Waals surface area (Å²) in [7, 11) is -2.48. The van der Waals surface area contributed by atoms with Gasteiger partial charge in [-0.2, -0.15) is 0 Å². The minimum atomic E-state index is -3.89. The Bertz CT molecular complexity index is 1210. The molecule has 9 heteroatoms. The fourth-order valence-electron chi connectivity index (χ4n) is 2.84. The highest BCUT2D eigenvalue weighted by Crippen LogP contribution is 2.30. The first kappa shape index (κ1) is 22.9. The second kappa shape index (κ2) is 9.60. The second-order valence-corrected chi connectivity index (χ2v) is 9.12. The first-order chi connectivity index (χ1) is 14.7. The molecular weight excluding hydrogens is 459 g/mol. The van der Waals surface area contributed by atoms with Gasteiger partial charge in [0.25, 0.3) is 15.9 Å². The molecule has 0 aliphatic carbocycles. The van der Waals surface area contributed by atoms with Crippen LogP contribution in [0.15, 0.2) is 65.6 Å². The highest BCUT2D eigenvalue weighted by atomic mass is 35.5. The Hall–Kier alpha value is -2.74. The van der Waals surface area contributed by atoms with Crippen molar-refractivity contribution in [2.45, 2.75) is 18.2 Å². The van der Waals surface area contributed by atoms with Crippen molar-refractivity contribution in [3.05, 3.63) is 81.8 Å². The molecule has 0 radical (unpaired) electrons. The summed E-state index contributed by atoms with van der Waals surface area (Å²) in [5.41, 5.74) is 1.91. The van der Waals surface area contributed by atoms with E-state index < -0.39 is 15.9 Å². The summed E-state index contributed by atoms with van der Waals surface area (Å²) in [5.74, 6) is -0.234. The Balaban J connectivity index is 1.89. The number of carbonyl (C=O) groups is 1. The van der Waals surface area contributed by atoms with Crippen LogP contribution in [0.3, 0.4) is 0 Å². The van der Waals surface area contributed by atoms with Crippen molar-refractivity contribution in [2.24, 2.45) is 0 Å². The smallest absolute Gasteiger partial charge is 0.261 e. The second-order valence-electron chi connectivity index (χ2n) is 6.60. The number of aryl methyl sites for hydroxylation is 1. The quantitative estimate of drug-likeness (QED) is 0.461. The summed E-state index contributed by atoms with van der Waals surface area (Å²) in [6, 6.07) is 15.8. The van der Waals surface area contributed by atoms with Gasteiger partial charge < -0.3 is 10.1 Å². The number of halogens is 2. The highest BCUT2D eigenvalue weighted by Gasteiger charge is 2.19. The maximum Gasteiger partial charge on any atom is 0.261 e. The molecule has 3 aromatic carbocycles. The van der Waals surface area contributed by atoms with Gasteiger partial charge in [-0.25, -0.2) is 8.42 Å². The summed E-state index contributed by atoms with van der Waals surface area (Å²) >= 11 is 12.0. The number of rotatable bonds is 7. The van der Waals surface area contributed by atoms with Crippen LogP contribution in [-0.4, -0.2) is 21.4 Å². The standard InChI is InChI=1S/C22H20Cl2N2O4S/c1-3-14-4-7-16(8-5-14)26-31(28,29)17-9-11-21(30-2)20(13-17)25-22(27)18-10-6-15(23)12-19(18)24/h4-13,26H,3H2,1-2H3,(H,25,27). The lowest BCUT2D eigenvalue weighted by atomic mass is 10.2. The van der Waals surface area contributed by atoms with Gasteiger partial charge in [0.15, 0.2) is 0 Å². The predicted octanol–water partition coefficient (Wildman–Crippen LogP) is 5.62. The molecule has 0 heterocycles. The van der Waals surface area contributed by atoms with E-state index in [1.165, 1.54) is 43.5 Å². The molecule has 0 aliphatic heterocycles. The van der Waals surface area contributed by atoms with Crippen LogP contribution in [-0.2, 0) is 16.4 Å². The number of sulfonamides is 1. The summed E-state index contributed by atoms with van der Waals surface area (Å²) < 4.78 is 33.5. The SMILES string of the molecule is CCc1ccc(NS(=O)(=O)c2ccc(OC)c(NC(=O)c3ccc(Cl)cc3Cl)c2)cc1. The van der Waals surface area contributed by atoms with Crippen LogP contribution in [0.1, 0.15) is 22.8 Å². The molecule has 1 amide bonds. The third-order valence-electron chi connectivity index (χ3n) is 4.52. The van der Waals surface area contributed by atoms with Crippen molar-refractivity contribution in [3.63, 3.8) is 0 Å². The van der Waals surface area contributed by atoms with Gasteiger partial charge in [-0.05, 0) is 60.5 Å². The van der Waals surface area contributed by atoms with Gasteiger partial charge in [-0.3, -0.25) is 9.52 Å². The van der Waals surface area contributed by atoms with Gasteiger partial charge in [-0.15, -0.1) is 0 Å². The zero-order chi connectivity index (χ0) is 22.6. The average Bonchev–Trinajstić information content (AvgIpc) is 2.74. The molecule has 0 atom stereocenters. The Morgan fingerprint density at radius 1 is 1.00 bits per heavy atom. The first-order valence-electron chi connectivity index (χ1n) is 9.29. The van der Waals surface area contributed by atoms with E-state index in [1.54, 1.807) is 12.1 Å². The fraction of sp³-hybridized carbons (Fsp3) is 0.136. The maximum absolute atomic E-state index is 12.9. The van der Waals surface area contributed by atoms with E-state index in [0.29, 0.717) is 16.5 Å². The number of benzene rings is 3. The number of hydrogen-bond donors (Lipinski definition) is 2. The molecule has 0 unspecified atom stereocenters. The molecule has 162 valence electrons. The van der Waals surface area contributed by atoms with Crippen LogP contribution in [0.2, 0.25) is 10.0 Å². The van der Waals surface area contributed by atoms with Gasteiger partial charge in [0.05, 0.1) is 28.3 Å². The molecule has 0 saturated heterocycles. The Kier molecular flexibility index (Phi) is 7.10. The number of nitrogens with one attached hydrogen (secondary N) is 2. The van der Waals surface area contributed by atoms with Crippen molar-refractivity contribution in [1.82, 2.24) is 0 Å². The van der Waals surface area contributed by atoms with E-state index in [1.807, 2.05) is 19.1 Å². The normalized spacial score (nSPS) is 11.1. The highest BCUT2D eigenvalue weighted by molar-refractivity contribution is 7.92. The van der Waals surface area contributed by atoms with Crippen LogP contribution in [0, 0.1) is 0 Å². The zero-order valence-corrected chi connectivity index (χ0v) is 19.1. The van der Waals surface area contributed by atoms with Crippen LogP contribution >= 0.6 is 23.2 Å². The molecule has 0 bridgehead atoms. The van der Waals surface area contributed by atoms with E-state index in [2.05, 4.69) is 10.0 Å². The number of hydrogen-bond acceptors (Lipinski definition) is 4. The minimum Gasteiger partial charge on any atom is -0.495 e. The molecule has 2 N–H and O–H groups in total. The van der Waals surface area contributed by atoms with Gasteiger partial charge >= 0.3 is 0 Å². The van der Waals surface area contributed by atoms with Crippen LogP contribution in [0.5, 0.6) is 5.75 Å². The molecule has 3 aromatic rings. The summed E-state index contributed by atoms with van der Waals surface area (Å²) in [4.78, 5) is 12.6. The zero-order valence-electron chi connectivity index (χ0n) is 16.8. The first-order valence-corrected chi connectivity index (χ1v) is 11.5. The number of ether oxygens (including phenoxy) is 1. The number of methoxy groups -OCH3 is 1. The lowest BCUT2D eigenvalue weighted by Gasteiger charge is -2.14. The fourth-order valence-corrected chi connectivity index (χ4v) is 4.42. The Morgan fingerprint density at radius 3 is 2.32 bits per heavy atom. The minimum absolute atomic E-state index is 0.0367. The lowest BCUT2D eigenvalue weighted by molar-refractivity contribution is 0.102. The molecule has 3 rings (SSSR count). The van der Waals surface area contributed by atoms with Gasteiger partial charge in [0.1, 0.15) is 5.75 Å². The summed E-state index contributed by atoms with van der Waals surface area (Å²) in [5, 5.41) is 3.21. The summed E-state index contributed by atoms with van der Waals surface area (Å²) in [6.45, 7) is 2.02. The number of carbonyl (C=O) groups excluding carboxylic acids is 1. The van der Waals surface area contributed by atoms with Gasteiger partial charge in [0.2, 0.25) is 0 Å². The average molecular weight is 479 g/mol. The molecule has 0 aliphatic rings. The molecule has 0 aromatic heterocycles. The van der Waals surface area contributed by atoms with Gasteiger partial charge in [0, 0.05) is 10.7 Å². The van der Waals surface area contributed by atoms with E-state index >= 15 is 0 Å². The van der Waals surface area contributed by atoms with Crippen molar-refractivity contribution in [3.8, 4) is 5.75 Å². The van der Waals surface area contributed by atoms with Crippen molar-refractivity contribution >= 4 is 50.5 Å². The third-order valence-corrected chi connectivity index (χ3v) is 6.45. The van der Waals surface area contributed by atoms with Crippen LogP contribution in [0.25, 0.3) is 0 Å². The molecule has 0 saturated carbocycles. The van der Waals surface area contributed by atoms with E-state index in [4.69, 9.17) is 27.9 Å².